The Bertz CT molecular complexity index is 417. The Hall–Kier alpha value is -1.11. The minimum atomic E-state index is -3.33. The van der Waals surface area contributed by atoms with Crippen LogP contribution < -0.4 is 0 Å². The fourth-order valence-corrected chi connectivity index (χ4v) is 2.60. The van der Waals surface area contributed by atoms with Gasteiger partial charge in [0.2, 0.25) is 5.91 Å². The topological polar surface area (TPSA) is 80.8 Å². The van der Waals surface area contributed by atoms with E-state index >= 15 is 0 Å². The molecule has 1 fully saturated rings. The fraction of sp³-hybridized carbons (Fsp3) is 0.818. The number of likely N-dealkylation sites (tertiary alicyclic amines) is 1. The van der Waals surface area contributed by atoms with Crippen molar-refractivity contribution < 1.29 is 22.7 Å². The summed E-state index contributed by atoms with van der Waals surface area (Å²) in [6, 6.07) is 0. The molecule has 7 heteroatoms. The third-order valence-electron chi connectivity index (χ3n) is 2.78. The van der Waals surface area contributed by atoms with Crippen molar-refractivity contribution in [1.29, 1.82) is 0 Å². The molecule has 0 N–H and O–H groups in total. The molecule has 0 bridgehead atoms. The lowest BCUT2D eigenvalue weighted by Gasteiger charge is -2.31. The molecular formula is C11H19NO5S. The van der Waals surface area contributed by atoms with Crippen LogP contribution in [-0.4, -0.2) is 56.9 Å². The lowest BCUT2D eigenvalue weighted by molar-refractivity contribution is -0.151. The molecule has 18 heavy (non-hydrogen) atoms. The molecule has 6 nitrogen and oxygen atoms in total. The first-order valence-electron chi connectivity index (χ1n) is 5.95. The van der Waals surface area contributed by atoms with Gasteiger partial charge < -0.3 is 9.64 Å². The Morgan fingerprint density at radius 3 is 2.61 bits per heavy atom. The number of hydrogen-bond donors (Lipinski definition) is 0. The molecule has 0 aromatic rings. The summed E-state index contributed by atoms with van der Waals surface area (Å²) in [5, 5.41) is 0. The molecule has 0 spiro atoms. The molecule has 1 atom stereocenters. The number of carbonyl (C=O) groups excluding carboxylic acids is 2. The van der Waals surface area contributed by atoms with E-state index in [-0.39, 0.29) is 18.4 Å². The molecule has 1 saturated heterocycles. The van der Waals surface area contributed by atoms with Gasteiger partial charge >= 0.3 is 5.97 Å². The fourth-order valence-electron chi connectivity index (χ4n) is 1.97. The average molecular weight is 277 g/mol. The molecule has 0 unspecified atom stereocenters. The van der Waals surface area contributed by atoms with Gasteiger partial charge in [0.1, 0.15) is 5.75 Å². The molecule has 0 aromatic carbocycles. The summed E-state index contributed by atoms with van der Waals surface area (Å²) in [4.78, 5) is 24.7. The SMILES string of the molecule is CCOC(=O)[C@@H]1CCCN(C(=O)CS(C)(=O)=O)C1. The molecule has 0 radical (unpaired) electrons. The van der Waals surface area contributed by atoms with Crippen molar-refractivity contribution >= 4 is 21.7 Å². The quantitative estimate of drug-likeness (QED) is 0.667. The van der Waals surface area contributed by atoms with Gasteiger partial charge in [0.05, 0.1) is 12.5 Å². The van der Waals surface area contributed by atoms with E-state index in [0.717, 1.165) is 6.26 Å². The Kier molecular flexibility index (Phi) is 5.13. The van der Waals surface area contributed by atoms with Crippen molar-refractivity contribution in [2.75, 3.05) is 31.7 Å². The molecule has 1 aliphatic rings. The Morgan fingerprint density at radius 2 is 2.06 bits per heavy atom. The zero-order valence-corrected chi connectivity index (χ0v) is 11.5. The Morgan fingerprint density at radius 1 is 1.39 bits per heavy atom. The minimum Gasteiger partial charge on any atom is -0.466 e. The van der Waals surface area contributed by atoms with E-state index in [9.17, 15) is 18.0 Å². The highest BCUT2D eigenvalue weighted by atomic mass is 32.2. The highest BCUT2D eigenvalue weighted by molar-refractivity contribution is 7.91. The highest BCUT2D eigenvalue weighted by Gasteiger charge is 2.30. The van der Waals surface area contributed by atoms with E-state index in [1.54, 1.807) is 6.92 Å². The van der Waals surface area contributed by atoms with Crippen LogP contribution >= 0.6 is 0 Å². The predicted molar refractivity (Wildman–Crippen MR) is 65.6 cm³/mol. The van der Waals surface area contributed by atoms with Crippen molar-refractivity contribution in [3.05, 3.63) is 0 Å². The second kappa shape index (κ2) is 6.17. The minimum absolute atomic E-state index is 0.257. The average Bonchev–Trinajstić information content (AvgIpc) is 2.27. The van der Waals surface area contributed by atoms with Crippen molar-refractivity contribution in [3.8, 4) is 0 Å². The number of sulfone groups is 1. The second-order valence-electron chi connectivity index (χ2n) is 4.50. The lowest BCUT2D eigenvalue weighted by Crippen LogP contribution is -2.44. The molecule has 0 aliphatic carbocycles. The van der Waals surface area contributed by atoms with E-state index in [1.165, 1.54) is 4.90 Å². The van der Waals surface area contributed by atoms with Crippen molar-refractivity contribution in [2.45, 2.75) is 19.8 Å². The van der Waals surface area contributed by atoms with E-state index in [0.29, 0.717) is 26.0 Å². The molecular weight excluding hydrogens is 258 g/mol. The monoisotopic (exact) mass is 277 g/mol. The third kappa shape index (κ3) is 4.64. The zero-order valence-electron chi connectivity index (χ0n) is 10.7. The van der Waals surface area contributed by atoms with Crippen LogP contribution in [0.5, 0.6) is 0 Å². The zero-order chi connectivity index (χ0) is 13.8. The number of ether oxygens (including phenoxy) is 1. The predicted octanol–water partition coefficient (Wildman–Crippen LogP) is -0.167. The van der Waals surface area contributed by atoms with Crippen LogP contribution in [0.15, 0.2) is 0 Å². The van der Waals surface area contributed by atoms with Crippen LogP contribution in [0.1, 0.15) is 19.8 Å². The van der Waals surface area contributed by atoms with Crippen LogP contribution in [-0.2, 0) is 24.2 Å². The summed E-state index contributed by atoms with van der Waals surface area (Å²) >= 11 is 0. The first-order valence-corrected chi connectivity index (χ1v) is 8.01. The first-order chi connectivity index (χ1) is 8.33. The number of carbonyl (C=O) groups is 2. The second-order valence-corrected chi connectivity index (χ2v) is 6.64. The molecule has 0 saturated carbocycles. The summed E-state index contributed by atoms with van der Waals surface area (Å²) in [7, 11) is -3.33. The molecule has 1 rings (SSSR count). The van der Waals surface area contributed by atoms with E-state index in [2.05, 4.69) is 0 Å². The summed E-state index contributed by atoms with van der Waals surface area (Å²) < 4.78 is 27.0. The third-order valence-corrected chi connectivity index (χ3v) is 3.55. The summed E-state index contributed by atoms with van der Waals surface area (Å²) in [5.74, 6) is -1.58. The number of nitrogens with zero attached hydrogens (tertiary/aromatic N) is 1. The van der Waals surface area contributed by atoms with Gasteiger partial charge in [-0.05, 0) is 19.8 Å². The molecule has 104 valence electrons. The standard InChI is InChI=1S/C11H19NO5S/c1-3-17-11(14)9-5-4-6-12(7-9)10(13)8-18(2,15)16/h9H,3-8H2,1-2H3/t9-/m1/s1. The lowest BCUT2D eigenvalue weighted by atomic mass is 9.98. The van der Waals surface area contributed by atoms with Crippen molar-refractivity contribution in [1.82, 2.24) is 4.90 Å². The maximum atomic E-state index is 11.7. The maximum Gasteiger partial charge on any atom is 0.310 e. The molecule has 1 amide bonds. The summed E-state index contributed by atoms with van der Waals surface area (Å²) in [5.41, 5.74) is 0. The van der Waals surface area contributed by atoms with Gasteiger partial charge in [-0.3, -0.25) is 9.59 Å². The van der Waals surface area contributed by atoms with Gasteiger partial charge in [-0.2, -0.15) is 0 Å². The van der Waals surface area contributed by atoms with Crippen LogP contribution in [0, 0.1) is 5.92 Å². The van der Waals surface area contributed by atoms with Crippen molar-refractivity contribution in [2.24, 2.45) is 5.92 Å². The number of esters is 1. The Balaban J connectivity index is 2.58. The maximum absolute atomic E-state index is 11.7. The van der Waals surface area contributed by atoms with Crippen LogP contribution in [0.2, 0.25) is 0 Å². The van der Waals surface area contributed by atoms with Gasteiger partial charge in [0.15, 0.2) is 9.84 Å². The summed E-state index contributed by atoms with van der Waals surface area (Å²) in [6.45, 7) is 2.80. The normalized spacial score (nSPS) is 20.6. The summed E-state index contributed by atoms with van der Waals surface area (Å²) in [6.07, 6.45) is 2.40. The van der Waals surface area contributed by atoms with Crippen molar-refractivity contribution in [3.63, 3.8) is 0 Å². The van der Waals surface area contributed by atoms with Crippen LogP contribution in [0.4, 0.5) is 0 Å². The molecule has 1 heterocycles. The van der Waals surface area contributed by atoms with E-state index in [4.69, 9.17) is 4.74 Å². The van der Waals surface area contributed by atoms with Gasteiger partial charge in [-0.25, -0.2) is 8.42 Å². The van der Waals surface area contributed by atoms with Crippen LogP contribution in [0.25, 0.3) is 0 Å². The largest absolute Gasteiger partial charge is 0.466 e. The van der Waals surface area contributed by atoms with Gasteiger partial charge in [-0.1, -0.05) is 0 Å². The number of piperidine rings is 1. The Labute approximate surface area is 107 Å². The smallest absolute Gasteiger partial charge is 0.310 e. The molecule has 1 aliphatic heterocycles. The molecule has 0 aromatic heterocycles. The van der Waals surface area contributed by atoms with Crippen LogP contribution in [0.3, 0.4) is 0 Å². The number of rotatable bonds is 4. The first kappa shape index (κ1) is 14.9. The van der Waals surface area contributed by atoms with E-state index < -0.39 is 21.5 Å². The number of hydrogen-bond acceptors (Lipinski definition) is 5. The van der Waals surface area contributed by atoms with Gasteiger partial charge in [0.25, 0.3) is 0 Å². The number of amides is 1. The highest BCUT2D eigenvalue weighted by Crippen LogP contribution is 2.18. The van der Waals surface area contributed by atoms with Gasteiger partial charge in [-0.15, -0.1) is 0 Å². The van der Waals surface area contributed by atoms with Gasteiger partial charge in [0, 0.05) is 19.3 Å². The van der Waals surface area contributed by atoms with E-state index in [1.807, 2.05) is 0 Å².